The second-order valence-electron chi connectivity index (χ2n) is 9.38. The minimum absolute atomic E-state index is 0.0225. The summed E-state index contributed by atoms with van der Waals surface area (Å²) in [5.41, 5.74) is 8.60. The van der Waals surface area contributed by atoms with E-state index in [1.807, 2.05) is 36.4 Å². The van der Waals surface area contributed by atoms with E-state index in [-0.39, 0.29) is 5.91 Å². The Morgan fingerprint density at radius 1 is 0.838 bits per heavy atom. The monoisotopic (exact) mass is 505 g/mol. The Hall–Kier alpha value is -3.83. The predicted molar refractivity (Wildman–Crippen MR) is 155 cm³/mol. The number of benzene rings is 4. The van der Waals surface area contributed by atoms with Gasteiger partial charge in [-0.15, -0.1) is 11.8 Å². The van der Waals surface area contributed by atoms with Gasteiger partial charge in [0.2, 0.25) is 5.91 Å². The van der Waals surface area contributed by atoms with Gasteiger partial charge in [-0.25, -0.2) is 4.98 Å². The van der Waals surface area contributed by atoms with Crippen LogP contribution in [0.4, 0.5) is 5.69 Å². The first-order valence-corrected chi connectivity index (χ1v) is 13.6. The Morgan fingerprint density at radius 2 is 1.51 bits per heavy atom. The number of aromatic nitrogens is 2. The number of aryl methyl sites for hydroxylation is 2. The van der Waals surface area contributed by atoms with E-state index in [2.05, 4.69) is 85.3 Å². The summed E-state index contributed by atoms with van der Waals surface area (Å²) in [7, 11) is 0. The van der Waals surface area contributed by atoms with E-state index >= 15 is 0 Å². The molecule has 4 aromatic carbocycles. The van der Waals surface area contributed by atoms with Crippen molar-refractivity contribution in [3.8, 4) is 11.4 Å². The van der Waals surface area contributed by atoms with Crippen molar-refractivity contribution in [3.05, 3.63) is 113 Å². The van der Waals surface area contributed by atoms with Crippen molar-refractivity contribution in [1.29, 1.82) is 0 Å². The number of fused-ring (bicyclic) bond motifs is 1. The van der Waals surface area contributed by atoms with Crippen molar-refractivity contribution >= 4 is 34.4 Å². The van der Waals surface area contributed by atoms with E-state index in [0.717, 1.165) is 46.0 Å². The quantitative estimate of drug-likeness (QED) is 0.220. The van der Waals surface area contributed by atoms with Gasteiger partial charge in [-0.1, -0.05) is 55.0 Å². The molecule has 0 atom stereocenters. The topological polar surface area (TPSA) is 46.9 Å². The number of imidazole rings is 1. The third-order valence-electron chi connectivity index (χ3n) is 6.39. The number of amides is 1. The Labute approximate surface area is 222 Å². The number of carbonyl (C=O) groups is 1. The van der Waals surface area contributed by atoms with E-state index in [1.165, 1.54) is 21.6 Å². The Morgan fingerprint density at radius 3 is 2.22 bits per heavy atom. The molecule has 186 valence electrons. The first-order valence-electron chi connectivity index (χ1n) is 12.6. The first-order chi connectivity index (χ1) is 18.0. The molecule has 0 aliphatic heterocycles. The van der Waals surface area contributed by atoms with Crippen LogP contribution < -0.4 is 5.32 Å². The zero-order chi connectivity index (χ0) is 25.8. The number of rotatable bonds is 8. The Bertz CT molecular complexity index is 1520. The number of nitrogens with one attached hydrogen (secondary N) is 1. The van der Waals surface area contributed by atoms with Gasteiger partial charge < -0.3 is 9.88 Å². The third-order valence-corrected chi connectivity index (χ3v) is 7.29. The van der Waals surface area contributed by atoms with Crippen LogP contribution in [0.15, 0.2) is 95.9 Å². The first kappa shape index (κ1) is 24.8. The van der Waals surface area contributed by atoms with Gasteiger partial charge >= 0.3 is 0 Å². The smallest absolute Gasteiger partial charge is 0.228 e. The van der Waals surface area contributed by atoms with Crippen LogP contribution in [0.25, 0.3) is 22.4 Å². The molecule has 5 rings (SSSR count). The SMILES string of the molecule is CCSc1ccc(CC(=O)Nc2ccc(-c3nc4ccc(C)cc4n3Cc3ccc(C)cc3)cc2)cc1. The summed E-state index contributed by atoms with van der Waals surface area (Å²) >= 11 is 1.80. The number of carbonyl (C=O) groups excluding carboxylic acids is 1. The average Bonchev–Trinajstić information content (AvgIpc) is 3.24. The average molecular weight is 506 g/mol. The van der Waals surface area contributed by atoms with Gasteiger partial charge in [-0.2, -0.15) is 0 Å². The summed E-state index contributed by atoms with van der Waals surface area (Å²) in [4.78, 5) is 18.9. The molecule has 1 amide bonds. The highest BCUT2D eigenvalue weighted by atomic mass is 32.2. The number of hydrogen-bond donors (Lipinski definition) is 1. The predicted octanol–water partition coefficient (Wildman–Crippen LogP) is 7.66. The second-order valence-corrected chi connectivity index (χ2v) is 10.7. The molecule has 1 aromatic heterocycles. The lowest BCUT2D eigenvalue weighted by atomic mass is 10.1. The van der Waals surface area contributed by atoms with Crippen molar-refractivity contribution in [1.82, 2.24) is 9.55 Å². The molecule has 0 saturated carbocycles. The van der Waals surface area contributed by atoms with Crippen LogP contribution >= 0.6 is 11.8 Å². The highest BCUT2D eigenvalue weighted by molar-refractivity contribution is 7.99. The molecule has 0 fully saturated rings. The molecular formula is C32H31N3OS. The standard InChI is InChI=1S/C32H31N3OS/c1-4-37-28-16-10-24(11-17-28)20-31(36)33-27-14-12-26(13-15-27)32-34-29-18-7-23(3)19-30(29)35(32)21-25-8-5-22(2)6-9-25/h5-19H,4,20-21H2,1-3H3,(H,33,36). The molecule has 0 radical (unpaired) electrons. The molecule has 0 saturated heterocycles. The maximum atomic E-state index is 12.6. The summed E-state index contributed by atoms with van der Waals surface area (Å²) in [6.07, 6.45) is 0.352. The minimum atomic E-state index is -0.0225. The van der Waals surface area contributed by atoms with Crippen molar-refractivity contribution < 1.29 is 4.79 Å². The van der Waals surface area contributed by atoms with Gasteiger partial charge in [-0.05, 0) is 84.8 Å². The molecule has 5 heteroatoms. The molecule has 5 aromatic rings. The van der Waals surface area contributed by atoms with E-state index in [9.17, 15) is 4.79 Å². The fraction of sp³-hybridized carbons (Fsp3) is 0.188. The lowest BCUT2D eigenvalue weighted by Crippen LogP contribution is -2.14. The van der Waals surface area contributed by atoms with Crippen LogP contribution in [-0.2, 0) is 17.8 Å². The fourth-order valence-electron chi connectivity index (χ4n) is 4.45. The van der Waals surface area contributed by atoms with Gasteiger partial charge in [0.25, 0.3) is 0 Å². The van der Waals surface area contributed by atoms with Crippen LogP contribution in [0, 0.1) is 13.8 Å². The summed E-state index contributed by atoms with van der Waals surface area (Å²) in [5.74, 6) is 1.94. The normalized spacial score (nSPS) is 11.1. The molecule has 0 spiro atoms. The van der Waals surface area contributed by atoms with E-state index in [0.29, 0.717) is 6.42 Å². The fourth-order valence-corrected chi connectivity index (χ4v) is 5.11. The zero-order valence-corrected chi connectivity index (χ0v) is 22.3. The van der Waals surface area contributed by atoms with Crippen molar-refractivity contribution in [2.75, 3.05) is 11.1 Å². The molecule has 0 aliphatic carbocycles. The molecule has 0 unspecified atom stereocenters. The van der Waals surface area contributed by atoms with Gasteiger partial charge in [0, 0.05) is 22.7 Å². The van der Waals surface area contributed by atoms with Crippen molar-refractivity contribution in [2.24, 2.45) is 0 Å². The summed E-state index contributed by atoms with van der Waals surface area (Å²) < 4.78 is 2.28. The molecule has 0 bridgehead atoms. The number of anilines is 1. The van der Waals surface area contributed by atoms with Gasteiger partial charge in [0.1, 0.15) is 5.82 Å². The van der Waals surface area contributed by atoms with Crippen LogP contribution in [0.1, 0.15) is 29.2 Å². The van der Waals surface area contributed by atoms with Crippen molar-refractivity contribution in [3.63, 3.8) is 0 Å². The highest BCUT2D eigenvalue weighted by Crippen LogP contribution is 2.28. The van der Waals surface area contributed by atoms with E-state index in [4.69, 9.17) is 4.98 Å². The van der Waals surface area contributed by atoms with E-state index in [1.54, 1.807) is 11.8 Å². The maximum absolute atomic E-state index is 12.6. The summed E-state index contributed by atoms with van der Waals surface area (Å²) in [6, 6.07) is 31.2. The molecule has 1 N–H and O–H groups in total. The number of nitrogens with zero attached hydrogens (tertiary/aromatic N) is 2. The van der Waals surface area contributed by atoms with Crippen LogP contribution in [0.2, 0.25) is 0 Å². The van der Waals surface area contributed by atoms with Crippen molar-refractivity contribution in [2.45, 2.75) is 38.6 Å². The second kappa shape index (κ2) is 11.1. The number of hydrogen-bond acceptors (Lipinski definition) is 3. The molecule has 1 heterocycles. The molecular weight excluding hydrogens is 474 g/mol. The van der Waals surface area contributed by atoms with Crippen LogP contribution in [0.5, 0.6) is 0 Å². The Balaban J connectivity index is 1.36. The largest absolute Gasteiger partial charge is 0.326 e. The lowest BCUT2D eigenvalue weighted by Gasteiger charge is -2.11. The number of thioether (sulfide) groups is 1. The highest BCUT2D eigenvalue weighted by Gasteiger charge is 2.14. The lowest BCUT2D eigenvalue weighted by molar-refractivity contribution is -0.115. The van der Waals surface area contributed by atoms with Gasteiger partial charge in [-0.3, -0.25) is 4.79 Å². The van der Waals surface area contributed by atoms with E-state index < -0.39 is 0 Å². The maximum Gasteiger partial charge on any atom is 0.228 e. The van der Waals surface area contributed by atoms with Crippen LogP contribution in [-0.4, -0.2) is 21.2 Å². The summed E-state index contributed by atoms with van der Waals surface area (Å²) in [6.45, 7) is 7.09. The Kier molecular flexibility index (Phi) is 7.42. The zero-order valence-electron chi connectivity index (χ0n) is 21.5. The molecule has 4 nitrogen and oxygen atoms in total. The van der Waals surface area contributed by atoms with Gasteiger partial charge in [0.05, 0.1) is 17.5 Å². The van der Waals surface area contributed by atoms with Crippen LogP contribution in [0.3, 0.4) is 0 Å². The summed E-state index contributed by atoms with van der Waals surface area (Å²) in [5, 5.41) is 3.03. The molecule has 37 heavy (non-hydrogen) atoms. The minimum Gasteiger partial charge on any atom is -0.326 e. The molecule has 0 aliphatic rings. The van der Waals surface area contributed by atoms with Gasteiger partial charge in [0.15, 0.2) is 0 Å². The third kappa shape index (κ3) is 5.95.